The van der Waals surface area contributed by atoms with Crippen molar-refractivity contribution < 1.29 is 42.8 Å². The maximum absolute atomic E-state index is 12.6. The Hall–Kier alpha value is -1.71. The summed E-state index contributed by atoms with van der Waals surface area (Å²) in [6.07, 6.45) is 6.13. The highest BCUT2D eigenvalue weighted by Crippen LogP contribution is 2.64. The number of ether oxygens (including phenoxy) is 6. The van der Waals surface area contributed by atoms with Crippen molar-refractivity contribution in [1.29, 1.82) is 0 Å². The zero-order chi connectivity index (χ0) is 31.8. The molecule has 3 saturated heterocycles. The van der Waals surface area contributed by atoms with Gasteiger partial charge in [-0.25, -0.2) is 4.79 Å². The van der Waals surface area contributed by atoms with E-state index in [4.69, 9.17) is 28.4 Å². The minimum atomic E-state index is -1.07. The second kappa shape index (κ2) is 11.0. The number of hydrogen-bond acceptors (Lipinski definition) is 9. The van der Waals surface area contributed by atoms with Gasteiger partial charge in [0, 0.05) is 5.41 Å². The van der Waals surface area contributed by atoms with E-state index in [2.05, 4.69) is 20.8 Å². The van der Waals surface area contributed by atoms with Crippen LogP contribution in [0.4, 0.5) is 0 Å². The van der Waals surface area contributed by atoms with Crippen LogP contribution in [0.5, 0.6) is 0 Å². The predicted molar refractivity (Wildman–Crippen MR) is 157 cm³/mol. The van der Waals surface area contributed by atoms with Crippen molar-refractivity contribution in [2.24, 2.45) is 34.0 Å². The summed E-state index contributed by atoms with van der Waals surface area (Å²) in [5.41, 5.74) is -1.09. The molecule has 0 spiro atoms. The fraction of sp³-hybridized carbons (Fsp3) is 0.912. The van der Waals surface area contributed by atoms with Crippen molar-refractivity contribution in [2.75, 3.05) is 0 Å². The topological polar surface area (TPSA) is 107 Å². The van der Waals surface area contributed by atoms with E-state index >= 15 is 0 Å². The maximum atomic E-state index is 12.6. The smallest absolute Gasteiger partial charge is 0.350 e. The zero-order valence-electron chi connectivity index (χ0n) is 27.9. The maximum Gasteiger partial charge on any atom is 0.350 e. The standard InChI is InChI=1S/C19H32O2.C15H22O7/c1-6-17(2,3)16(20)21-18(4,5)19-10-13-7-14(11-19)9-15(8-13)12-19;1-6-14(2,3)13(17)20-9-7-8(18-11(9)16)10-12(19-7)22-15(4,5)21-10/h13-15H,6-12H2,1-5H3;7-10,12H,6H2,1-5H3/t;7-,8-,9-,10+,12+/m.0/s1. The van der Waals surface area contributed by atoms with Crippen molar-refractivity contribution in [3.8, 4) is 0 Å². The van der Waals surface area contributed by atoms with Crippen molar-refractivity contribution in [1.82, 2.24) is 0 Å². The molecule has 0 aromatic rings. The van der Waals surface area contributed by atoms with Crippen LogP contribution in [0.25, 0.3) is 0 Å². The largest absolute Gasteiger partial charge is 0.459 e. The Balaban J connectivity index is 0.000000171. The number of carbonyl (C=O) groups is 3. The fourth-order valence-corrected chi connectivity index (χ4v) is 8.22. The van der Waals surface area contributed by atoms with Gasteiger partial charge >= 0.3 is 17.9 Å². The second-order valence-corrected chi connectivity index (χ2v) is 16.4. The first kappa shape index (κ1) is 32.7. The number of fused-ring (bicyclic) bond motifs is 3. The van der Waals surface area contributed by atoms with Crippen LogP contribution in [0.1, 0.15) is 121 Å². The van der Waals surface area contributed by atoms with E-state index in [0.717, 1.165) is 24.2 Å². The fourth-order valence-electron chi connectivity index (χ4n) is 8.22. The van der Waals surface area contributed by atoms with Crippen LogP contribution in [0.15, 0.2) is 0 Å². The molecule has 9 heteroatoms. The van der Waals surface area contributed by atoms with E-state index in [1.807, 2.05) is 20.8 Å². The lowest BCUT2D eigenvalue weighted by molar-refractivity contribution is -0.217. The minimum absolute atomic E-state index is 0.00857. The molecule has 3 aliphatic heterocycles. The summed E-state index contributed by atoms with van der Waals surface area (Å²) in [6, 6.07) is 0. The third kappa shape index (κ3) is 5.99. The van der Waals surface area contributed by atoms with Gasteiger partial charge in [0.15, 0.2) is 24.3 Å². The highest BCUT2D eigenvalue weighted by Gasteiger charge is 2.64. The number of rotatable bonds is 7. The van der Waals surface area contributed by atoms with Crippen molar-refractivity contribution in [2.45, 2.75) is 163 Å². The molecule has 3 heterocycles. The van der Waals surface area contributed by atoms with E-state index in [1.54, 1.807) is 27.7 Å². The summed E-state index contributed by atoms with van der Waals surface area (Å²) in [5, 5.41) is 0. The summed E-state index contributed by atoms with van der Waals surface area (Å²) in [4.78, 5) is 36.8. The molecule has 9 nitrogen and oxygen atoms in total. The SMILES string of the molecule is CCC(C)(C)C(=O)OC(C)(C)C12CC3CC(CC(C3)C1)C2.CCC(C)(C)C(=O)O[C@@H]1C(=O)O[C@@H]2[C@H]3OC(C)(C)O[C@H]3O[C@@H]21. The molecule has 4 aliphatic carbocycles. The number of esters is 3. The minimum Gasteiger partial charge on any atom is -0.459 e. The molecule has 7 aliphatic rings. The lowest BCUT2D eigenvalue weighted by atomic mass is 9.46. The van der Waals surface area contributed by atoms with Gasteiger partial charge in [0.2, 0.25) is 6.10 Å². The van der Waals surface area contributed by atoms with Crippen LogP contribution in [-0.2, 0) is 42.8 Å². The molecule has 5 atom stereocenters. The Morgan fingerprint density at radius 2 is 1.30 bits per heavy atom. The monoisotopic (exact) mass is 606 g/mol. The first-order valence-electron chi connectivity index (χ1n) is 16.5. The van der Waals surface area contributed by atoms with E-state index in [1.165, 1.54) is 38.5 Å². The van der Waals surface area contributed by atoms with Gasteiger partial charge in [-0.1, -0.05) is 13.8 Å². The first-order valence-corrected chi connectivity index (χ1v) is 16.5. The molecule has 43 heavy (non-hydrogen) atoms. The molecule has 244 valence electrons. The highest BCUT2D eigenvalue weighted by molar-refractivity contribution is 5.84. The molecule has 7 fully saturated rings. The molecule has 0 amide bonds. The van der Waals surface area contributed by atoms with Gasteiger partial charge in [0.1, 0.15) is 11.7 Å². The van der Waals surface area contributed by atoms with E-state index < -0.39 is 53.8 Å². The van der Waals surface area contributed by atoms with Crippen LogP contribution >= 0.6 is 0 Å². The van der Waals surface area contributed by atoms with Gasteiger partial charge in [-0.2, -0.15) is 0 Å². The number of hydrogen-bond donors (Lipinski definition) is 0. The van der Waals surface area contributed by atoms with Gasteiger partial charge < -0.3 is 28.4 Å². The molecule has 0 aromatic heterocycles. The van der Waals surface area contributed by atoms with Crippen LogP contribution < -0.4 is 0 Å². The third-order valence-corrected chi connectivity index (χ3v) is 11.6. The Morgan fingerprint density at radius 1 is 0.791 bits per heavy atom. The molecule has 0 radical (unpaired) electrons. The molecule has 0 N–H and O–H groups in total. The van der Waals surface area contributed by atoms with Crippen molar-refractivity contribution >= 4 is 17.9 Å². The van der Waals surface area contributed by atoms with Crippen LogP contribution in [0, 0.1) is 34.0 Å². The van der Waals surface area contributed by atoms with Gasteiger partial charge in [0.25, 0.3) is 0 Å². The Kier molecular flexibility index (Phi) is 8.34. The average Bonchev–Trinajstić information content (AvgIpc) is 3.48. The summed E-state index contributed by atoms with van der Waals surface area (Å²) in [6.45, 7) is 19.4. The molecule has 0 aromatic carbocycles. The van der Waals surface area contributed by atoms with Gasteiger partial charge in [-0.15, -0.1) is 0 Å². The van der Waals surface area contributed by atoms with Crippen LogP contribution in [0.2, 0.25) is 0 Å². The summed E-state index contributed by atoms with van der Waals surface area (Å²) in [5.74, 6) is 0.856. The van der Waals surface area contributed by atoms with Gasteiger partial charge in [0.05, 0.1) is 10.8 Å². The molecule has 7 rings (SSSR count). The summed E-state index contributed by atoms with van der Waals surface area (Å²) >= 11 is 0. The Labute approximate surface area is 257 Å². The Bertz CT molecular complexity index is 1070. The first-order chi connectivity index (χ1) is 19.8. The van der Waals surface area contributed by atoms with Gasteiger partial charge in [-0.3, -0.25) is 9.59 Å². The van der Waals surface area contributed by atoms with E-state index in [-0.39, 0.29) is 22.4 Å². The molecule has 4 bridgehead atoms. The van der Waals surface area contributed by atoms with E-state index in [9.17, 15) is 14.4 Å². The molecular weight excluding hydrogens is 552 g/mol. The van der Waals surface area contributed by atoms with Crippen molar-refractivity contribution in [3.63, 3.8) is 0 Å². The lowest BCUT2D eigenvalue weighted by Crippen LogP contribution is -2.58. The normalized spacial score (nSPS) is 39.0. The zero-order valence-corrected chi connectivity index (χ0v) is 27.9. The average molecular weight is 607 g/mol. The van der Waals surface area contributed by atoms with E-state index in [0.29, 0.717) is 6.42 Å². The van der Waals surface area contributed by atoms with Crippen molar-refractivity contribution in [3.05, 3.63) is 0 Å². The predicted octanol–water partition coefficient (Wildman–Crippen LogP) is 6.10. The number of carbonyl (C=O) groups excluding carboxylic acids is 3. The Morgan fingerprint density at radius 3 is 1.81 bits per heavy atom. The van der Waals surface area contributed by atoms with Gasteiger partial charge in [-0.05, 0) is 125 Å². The highest BCUT2D eigenvalue weighted by atomic mass is 16.9. The summed E-state index contributed by atoms with van der Waals surface area (Å²) in [7, 11) is 0. The summed E-state index contributed by atoms with van der Waals surface area (Å²) < 4.78 is 33.8. The van der Waals surface area contributed by atoms with Crippen LogP contribution in [-0.4, -0.2) is 60.0 Å². The third-order valence-electron chi connectivity index (χ3n) is 11.6. The second-order valence-electron chi connectivity index (χ2n) is 16.4. The lowest BCUT2D eigenvalue weighted by Gasteiger charge is -2.61. The van der Waals surface area contributed by atoms with Crippen LogP contribution in [0.3, 0.4) is 0 Å². The molecule has 0 unspecified atom stereocenters. The molecular formula is C34H54O9. The molecule has 4 saturated carbocycles. The quantitative estimate of drug-likeness (QED) is 0.251.